The summed E-state index contributed by atoms with van der Waals surface area (Å²) in [5, 5.41) is 6.30. The number of hydrogen-bond donors (Lipinski definition) is 2. The van der Waals surface area contributed by atoms with Crippen molar-refractivity contribution in [2.75, 3.05) is 18.7 Å². The minimum atomic E-state index is -0.136. The third-order valence-electron chi connectivity index (χ3n) is 5.04. The topological polar surface area (TPSA) is 72.5 Å². The van der Waals surface area contributed by atoms with Gasteiger partial charge in [-0.05, 0) is 61.9 Å². The molecule has 0 saturated heterocycles. The van der Waals surface area contributed by atoms with E-state index in [1.807, 2.05) is 24.3 Å². The fourth-order valence-electron chi connectivity index (χ4n) is 3.48. The average molecular weight is 379 g/mol. The summed E-state index contributed by atoms with van der Waals surface area (Å²) in [6.45, 7) is 1.55. The molecule has 0 fully saturated rings. The molecule has 1 aliphatic heterocycles. The van der Waals surface area contributed by atoms with E-state index in [0.717, 1.165) is 35.6 Å². The van der Waals surface area contributed by atoms with Crippen LogP contribution in [0.2, 0.25) is 0 Å². The maximum Gasteiger partial charge on any atom is 0.269 e. The highest BCUT2D eigenvalue weighted by atomic mass is 16.7. The highest BCUT2D eigenvalue weighted by molar-refractivity contribution is 5.93. The standard InChI is InChI=1S/C22H25N3O3/c26-22(24-10-8-16-4-2-1-3-5-16)19-13-18(9-11-23-19)25-14-17-6-7-20-21(12-17)28-15-27-20/h4,6-7,9,11-13H,1-3,5,8,10,14-15H2,(H,23,25)(H,24,26). The van der Waals surface area contributed by atoms with Gasteiger partial charge in [0, 0.05) is 25.0 Å². The highest BCUT2D eigenvalue weighted by Crippen LogP contribution is 2.32. The largest absolute Gasteiger partial charge is 0.454 e. The average Bonchev–Trinajstić information content (AvgIpc) is 3.21. The predicted octanol–water partition coefficient (Wildman–Crippen LogP) is 4.04. The molecule has 4 rings (SSSR count). The normalized spacial score (nSPS) is 15.1. The van der Waals surface area contributed by atoms with E-state index in [-0.39, 0.29) is 12.7 Å². The quantitative estimate of drug-likeness (QED) is 0.710. The molecule has 1 amide bonds. The van der Waals surface area contributed by atoms with Crippen molar-refractivity contribution in [2.24, 2.45) is 0 Å². The maximum absolute atomic E-state index is 12.4. The van der Waals surface area contributed by atoms with Crippen LogP contribution in [0.4, 0.5) is 5.69 Å². The Morgan fingerprint density at radius 2 is 2.04 bits per heavy atom. The molecule has 0 bridgehead atoms. The van der Waals surface area contributed by atoms with Crippen LogP contribution >= 0.6 is 0 Å². The maximum atomic E-state index is 12.4. The summed E-state index contributed by atoms with van der Waals surface area (Å²) in [6.07, 6.45) is 9.77. The number of aromatic nitrogens is 1. The van der Waals surface area contributed by atoms with Crippen molar-refractivity contribution < 1.29 is 14.3 Å². The summed E-state index contributed by atoms with van der Waals surface area (Å²) < 4.78 is 10.7. The molecule has 2 aromatic rings. The van der Waals surface area contributed by atoms with Crippen LogP contribution in [-0.2, 0) is 6.54 Å². The van der Waals surface area contributed by atoms with Crippen molar-refractivity contribution in [3.8, 4) is 11.5 Å². The zero-order valence-electron chi connectivity index (χ0n) is 15.9. The molecular weight excluding hydrogens is 354 g/mol. The van der Waals surface area contributed by atoms with Crippen LogP contribution in [0.25, 0.3) is 0 Å². The van der Waals surface area contributed by atoms with Gasteiger partial charge >= 0.3 is 0 Å². The summed E-state index contributed by atoms with van der Waals surface area (Å²) in [5.74, 6) is 1.40. The lowest BCUT2D eigenvalue weighted by Gasteiger charge is -2.13. The minimum absolute atomic E-state index is 0.136. The summed E-state index contributed by atoms with van der Waals surface area (Å²) in [4.78, 5) is 16.6. The van der Waals surface area contributed by atoms with E-state index in [0.29, 0.717) is 18.8 Å². The Morgan fingerprint density at radius 3 is 2.93 bits per heavy atom. The molecule has 2 aliphatic rings. The van der Waals surface area contributed by atoms with Crippen LogP contribution in [0.15, 0.2) is 48.2 Å². The van der Waals surface area contributed by atoms with Crippen molar-refractivity contribution in [2.45, 2.75) is 38.6 Å². The number of allylic oxidation sites excluding steroid dienone is 1. The Kier molecular flexibility index (Phi) is 5.75. The van der Waals surface area contributed by atoms with E-state index < -0.39 is 0 Å². The number of amides is 1. The number of pyridine rings is 1. The van der Waals surface area contributed by atoms with Gasteiger partial charge in [0.25, 0.3) is 5.91 Å². The predicted molar refractivity (Wildman–Crippen MR) is 108 cm³/mol. The Morgan fingerprint density at radius 1 is 1.11 bits per heavy atom. The molecule has 0 radical (unpaired) electrons. The second-order valence-corrected chi connectivity index (χ2v) is 7.08. The van der Waals surface area contributed by atoms with Crippen LogP contribution < -0.4 is 20.1 Å². The first-order valence-electron chi connectivity index (χ1n) is 9.82. The summed E-state index contributed by atoms with van der Waals surface area (Å²) in [7, 11) is 0. The summed E-state index contributed by atoms with van der Waals surface area (Å²) in [6, 6.07) is 9.50. The Balaban J connectivity index is 1.29. The highest BCUT2D eigenvalue weighted by Gasteiger charge is 2.13. The number of nitrogens with zero attached hydrogens (tertiary/aromatic N) is 1. The monoisotopic (exact) mass is 379 g/mol. The molecule has 1 aromatic carbocycles. The van der Waals surface area contributed by atoms with Gasteiger partial charge in [-0.2, -0.15) is 0 Å². The van der Waals surface area contributed by atoms with Crippen LogP contribution in [0.1, 0.15) is 48.2 Å². The van der Waals surface area contributed by atoms with Gasteiger partial charge in [-0.15, -0.1) is 0 Å². The van der Waals surface area contributed by atoms with Crippen LogP contribution in [-0.4, -0.2) is 24.2 Å². The zero-order chi connectivity index (χ0) is 19.2. The van der Waals surface area contributed by atoms with Gasteiger partial charge in [0.15, 0.2) is 11.5 Å². The van der Waals surface area contributed by atoms with Gasteiger partial charge < -0.3 is 20.1 Å². The minimum Gasteiger partial charge on any atom is -0.454 e. The van der Waals surface area contributed by atoms with Gasteiger partial charge in [0.05, 0.1) is 0 Å². The molecule has 2 N–H and O–H groups in total. The lowest BCUT2D eigenvalue weighted by atomic mass is 9.97. The summed E-state index contributed by atoms with van der Waals surface area (Å²) >= 11 is 0. The first-order chi connectivity index (χ1) is 13.8. The lowest BCUT2D eigenvalue weighted by molar-refractivity contribution is 0.0949. The first-order valence-corrected chi connectivity index (χ1v) is 9.82. The van der Waals surface area contributed by atoms with Gasteiger partial charge in [-0.3, -0.25) is 9.78 Å². The number of hydrogen-bond acceptors (Lipinski definition) is 5. The van der Waals surface area contributed by atoms with Gasteiger partial charge in [0.1, 0.15) is 5.69 Å². The zero-order valence-corrected chi connectivity index (χ0v) is 15.9. The molecule has 2 heterocycles. The molecule has 0 atom stereocenters. The van der Waals surface area contributed by atoms with Crippen molar-refractivity contribution in [3.63, 3.8) is 0 Å². The van der Waals surface area contributed by atoms with E-state index in [1.54, 1.807) is 12.3 Å². The molecule has 28 heavy (non-hydrogen) atoms. The molecule has 1 aliphatic carbocycles. The molecule has 6 nitrogen and oxygen atoms in total. The molecule has 0 unspecified atom stereocenters. The van der Waals surface area contributed by atoms with Crippen molar-refractivity contribution in [1.29, 1.82) is 0 Å². The molecule has 6 heteroatoms. The number of carbonyl (C=O) groups is 1. The van der Waals surface area contributed by atoms with Gasteiger partial charge in [0.2, 0.25) is 6.79 Å². The lowest BCUT2D eigenvalue weighted by Crippen LogP contribution is -2.25. The van der Waals surface area contributed by atoms with E-state index in [9.17, 15) is 4.79 Å². The smallest absolute Gasteiger partial charge is 0.269 e. The Hall–Kier alpha value is -3.02. The van der Waals surface area contributed by atoms with Gasteiger partial charge in [-0.1, -0.05) is 17.7 Å². The number of nitrogens with one attached hydrogen (secondary N) is 2. The SMILES string of the molecule is O=C(NCCC1=CCCCC1)c1cc(NCc2ccc3c(c2)OCO3)ccn1. The summed E-state index contributed by atoms with van der Waals surface area (Å²) in [5.41, 5.74) is 3.81. The van der Waals surface area contributed by atoms with Gasteiger partial charge in [-0.25, -0.2) is 0 Å². The van der Waals surface area contributed by atoms with Crippen molar-refractivity contribution >= 4 is 11.6 Å². The van der Waals surface area contributed by atoms with Crippen LogP contribution in [0, 0.1) is 0 Å². The van der Waals surface area contributed by atoms with E-state index in [4.69, 9.17) is 9.47 Å². The number of fused-ring (bicyclic) bond motifs is 1. The van der Waals surface area contributed by atoms with E-state index >= 15 is 0 Å². The van der Waals surface area contributed by atoms with Crippen LogP contribution in [0.5, 0.6) is 11.5 Å². The number of rotatable bonds is 7. The Bertz CT molecular complexity index is 879. The molecule has 146 valence electrons. The number of ether oxygens (including phenoxy) is 2. The first kappa shape index (κ1) is 18.3. The second kappa shape index (κ2) is 8.78. The molecule has 0 spiro atoms. The number of anilines is 1. The molecule has 0 saturated carbocycles. The van der Waals surface area contributed by atoms with Crippen LogP contribution in [0.3, 0.4) is 0 Å². The number of carbonyl (C=O) groups excluding carboxylic acids is 1. The van der Waals surface area contributed by atoms with E-state index in [1.165, 1.54) is 24.8 Å². The third-order valence-corrected chi connectivity index (χ3v) is 5.04. The molecular formula is C22H25N3O3. The second-order valence-electron chi connectivity index (χ2n) is 7.08. The molecule has 1 aromatic heterocycles. The third kappa shape index (κ3) is 4.63. The fourth-order valence-corrected chi connectivity index (χ4v) is 3.48. The van der Waals surface area contributed by atoms with Crippen molar-refractivity contribution in [1.82, 2.24) is 10.3 Å². The fraction of sp³-hybridized carbons (Fsp3) is 0.364. The van der Waals surface area contributed by atoms with E-state index in [2.05, 4.69) is 21.7 Å². The van der Waals surface area contributed by atoms with Crippen molar-refractivity contribution in [3.05, 3.63) is 59.4 Å². The number of benzene rings is 1. The Labute approximate surface area is 165 Å².